The number of hydrogen-bond acceptors (Lipinski definition) is 5. The van der Waals surface area contributed by atoms with E-state index >= 15 is 0 Å². The molecular weight excluding hydrogens is 290 g/mol. The van der Waals surface area contributed by atoms with Crippen molar-refractivity contribution in [1.82, 2.24) is 0 Å². The number of nitro benzene ring substituents is 1. The molecule has 7 nitrogen and oxygen atoms in total. The van der Waals surface area contributed by atoms with Gasteiger partial charge in [0, 0.05) is 12.1 Å². The van der Waals surface area contributed by atoms with Gasteiger partial charge in [0.25, 0.3) is 5.69 Å². The van der Waals surface area contributed by atoms with Gasteiger partial charge in [-0.2, -0.15) is 0 Å². The molecule has 0 amide bonds. The Morgan fingerprint density at radius 2 is 1.77 bits per heavy atom. The summed E-state index contributed by atoms with van der Waals surface area (Å²) in [6.07, 6.45) is 0. The zero-order chi connectivity index (χ0) is 16.3. The Labute approximate surface area is 124 Å². The number of carbonyl (C=O) groups is 2. The molecule has 0 atom stereocenters. The molecule has 0 bridgehead atoms. The van der Waals surface area contributed by atoms with Crippen molar-refractivity contribution in [2.24, 2.45) is 0 Å². The highest BCUT2D eigenvalue weighted by Gasteiger charge is 2.21. The lowest BCUT2D eigenvalue weighted by Crippen LogP contribution is -2.10. The van der Waals surface area contributed by atoms with Gasteiger partial charge in [0.2, 0.25) is 0 Å². The van der Waals surface area contributed by atoms with Crippen LogP contribution >= 0.6 is 0 Å². The summed E-state index contributed by atoms with van der Waals surface area (Å²) in [5, 5.41) is 19.7. The number of carboxylic acids is 1. The molecule has 0 saturated carbocycles. The summed E-state index contributed by atoms with van der Waals surface area (Å²) in [6.45, 7) is 1.87. The number of hydrogen-bond donors (Lipinski definition) is 1. The second-order valence-corrected chi connectivity index (χ2v) is 4.50. The highest BCUT2D eigenvalue weighted by atomic mass is 16.6. The second kappa shape index (κ2) is 6.04. The molecule has 0 aliphatic heterocycles. The van der Waals surface area contributed by atoms with Gasteiger partial charge in [-0.1, -0.05) is 17.7 Å². The molecule has 0 radical (unpaired) electrons. The van der Waals surface area contributed by atoms with Gasteiger partial charge in [-0.05, 0) is 25.1 Å². The molecule has 0 heterocycles. The van der Waals surface area contributed by atoms with Crippen LogP contribution in [0.2, 0.25) is 0 Å². The average molecular weight is 301 g/mol. The van der Waals surface area contributed by atoms with Crippen molar-refractivity contribution >= 4 is 17.6 Å². The largest absolute Gasteiger partial charge is 0.477 e. The predicted molar refractivity (Wildman–Crippen MR) is 76.2 cm³/mol. The molecule has 0 unspecified atom stereocenters. The maximum absolute atomic E-state index is 11.9. The third kappa shape index (κ3) is 3.26. The van der Waals surface area contributed by atoms with E-state index in [1.54, 1.807) is 24.3 Å². The maximum atomic E-state index is 11.9. The van der Waals surface area contributed by atoms with Crippen LogP contribution in [0.4, 0.5) is 5.69 Å². The molecule has 112 valence electrons. The van der Waals surface area contributed by atoms with Crippen molar-refractivity contribution in [1.29, 1.82) is 0 Å². The van der Waals surface area contributed by atoms with Gasteiger partial charge in [0.1, 0.15) is 11.3 Å². The molecule has 2 rings (SSSR count). The summed E-state index contributed by atoms with van der Waals surface area (Å²) in [4.78, 5) is 32.9. The first-order valence-corrected chi connectivity index (χ1v) is 6.19. The van der Waals surface area contributed by atoms with E-state index in [1.807, 2.05) is 6.92 Å². The second-order valence-electron chi connectivity index (χ2n) is 4.50. The van der Waals surface area contributed by atoms with Gasteiger partial charge < -0.3 is 9.84 Å². The lowest BCUT2D eigenvalue weighted by Gasteiger charge is -2.06. The number of benzene rings is 2. The topological polar surface area (TPSA) is 107 Å². The summed E-state index contributed by atoms with van der Waals surface area (Å²) < 4.78 is 5.04. The average Bonchev–Trinajstić information content (AvgIpc) is 2.47. The third-order valence-electron chi connectivity index (χ3n) is 2.89. The summed E-state index contributed by atoms with van der Waals surface area (Å²) in [7, 11) is 0. The molecule has 2 aromatic rings. The normalized spacial score (nSPS) is 10.0. The van der Waals surface area contributed by atoms with E-state index in [0.717, 1.165) is 17.7 Å². The standard InChI is InChI=1S/C15H11NO6/c1-9-2-4-10(5-3-9)15(19)22-11-6-7-13(16(20)21)12(8-11)14(17)18/h2-8H,1H3,(H,17,18). The van der Waals surface area contributed by atoms with E-state index in [2.05, 4.69) is 0 Å². The number of nitrogens with zero attached hydrogens (tertiary/aromatic N) is 1. The van der Waals surface area contributed by atoms with Crippen LogP contribution in [-0.4, -0.2) is 22.0 Å². The van der Waals surface area contributed by atoms with Crippen molar-refractivity contribution < 1.29 is 24.4 Å². The van der Waals surface area contributed by atoms with Gasteiger partial charge >= 0.3 is 11.9 Å². The minimum Gasteiger partial charge on any atom is -0.477 e. The Bertz CT molecular complexity index is 751. The van der Waals surface area contributed by atoms with Crippen LogP contribution in [-0.2, 0) is 0 Å². The number of rotatable bonds is 4. The molecular formula is C15H11NO6. The monoisotopic (exact) mass is 301 g/mol. The lowest BCUT2D eigenvalue weighted by atomic mass is 10.1. The Balaban J connectivity index is 2.28. The lowest BCUT2D eigenvalue weighted by molar-refractivity contribution is -0.385. The predicted octanol–water partition coefficient (Wildman–Crippen LogP) is 2.82. The van der Waals surface area contributed by atoms with E-state index in [1.165, 1.54) is 6.07 Å². The van der Waals surface area contributed by atoms with Gasteiger partial charge in [-0.15, -0.1) is 0 Å². The van der Waals surface area contributed by atoms with Crippen LogP contribution in [0.25, 0.3) is 0 Å². The van der Waals surface area contributed by atoms with Crippen molar-refractivity contribution in [3.63, 3.8) is 0 Å². The highest BCUT2D eigenvalue weighted by molar-refractivity contribution is 5.94. The van der Waals surface area contributed by atoms with Gasteiger partial charge in [-0.25, -0.2) is 9.59 Å². The van der Waals surface area contributed by atoms with Crippen molar-refractivity contribution in [3.05, 3.63) is 69.3 Å². The molecule has 0 spiro atoms. The number of carbonyl (C=O) groups excluding carboxylic acids is 1. The molecule has 0 saturated heterocycles. The summed E-state index contributed by atoms with van der Waals surface area (Å²) in [6, 6.07) is 9.72. The fourth-order valence-electron chi connectivity index (χ4n) is 1.76. The Hall–Kier alpha value is -3.22. The molecule has 2 aromatic carbocycles. The zero-order valence-corrected chi connectivity index (χ0v) is 11.5. The summed E-state index contributed by atoms with van der Waals surface area (Å²) in [5.41, 5.74) is 0.155. The quantitative estimate of drug-likeness (QED) is 0.403. The highest BCUT2D eigenvalue weighted by Crippen LogP contribution is 2.24. The van der Waals surface area contributed by atoms with E-state index in [-0.39, 0.29) is 5.75 Å². The third-order valence-corrected chi connectivity index (χ3v) is 2.89. The number of aryl methyl sites for hydroxylation is 1. The fraction of sp³-hybridized carbons (Fsp3) is 0.0667. The van der Waals surface area contributed by atoms with Gasteiger partial charge in [0.15, 0.2) is 0 Å². The maximum Gasteiger partial charge on any atom is 0.343 e. The minimum absolute atomic E-state index is 0.0754. The number of nitro groups is 1. The SMILES string of the molecule is Cc1ccc(C(=O)Oc2ccc([N+](=O)[O-])c(C(=O)O)c2)cc1. The number of ether oxygens (including phenoxy) is 1. The smallest absolute Gasteiger partial charge is 0.343 e. The number of aromatic carboxylic acids is 1. The molecule has 0 aromatic heterocycles. The Morgan fingerprint density at radius 1 is 1.14 bits per heavy atom. The zero-order valence-electron chi connectivity index (χ0n) is 11.5. The molecule has 0 aliphatic rings. The van der Waals surface area contributed by atoms with Gasteiger partial charge in [0.05, 0.1) is 10.5 Å². The van der Waals surface area contributed by atoms with E-state index in [0.29, 0.717) is 5.56 Å². The van der Waals surface area contributed by atoms with Gasteiger partial charge in [-0.3, -0.25) is 10.1 Å². The molecule has 1 N–H and O–H groups in total. The molecule has 0 fully saturated rings. The van der Waals surface area contributed by atoms with E-state index in [9.17, 15) is 19.7 Å². The van der Waals surface area contributed by atoms with Crippen LogP contribution in [0.1, 0.15) is 26.3 Å². The van der Waals surface area contributed by atoms with Crippen LogP contribution in [0.3, 0.4) is 0 Å². The van der Waals surface area contributed by atoms with Crippen LogP contribution in [0.5, 0.6) is 5.75 Å². The number of carboxylic acid groups (broad SMARTS) is 1. The molecule has 7 heteroatoms. The van der Waals surface area contributed by atoms with E-state index < -0.39 is 28.1 Å². The summed E-state index contributed by atoms with van der Waals surface area (Å²) >= 11 is 0. The van der Waals surface area contributed by atoms with Crippen LogP contribution in [0, 0.1) is 17.0 Å². The first kappa shape index (κ1) is 15.2. The van der Waals surface area contributed by atoms with Crippen LogP contribution < -0.4 is 4.74 Å². The van der Waals surface area contributed by atoms with Crippen molar-refractivity contribution in [3.8, 4) is 5.75 Å². The minimum atomic E-state index is -1.47. The number of esters is 1. The molecule has 22 heavy (non-hydrogen) atoms. The fourth-order valence-corrected chi connectivity index (χ4v) is 1.76. The Morgan fingerprint density at radius 3 is 2.32 bits per heavy atom. The first-order chi connectivity index (χ1) is 10.4. The Kier molecular flexibility index (Phi) is 4.17. The van der Waals surface area contributed by atoms with Crippen molar-refractivity contribution in [2.75, 3.05) is 0 Å². The van der Waals surface area contributed by atoms with E-state index in [4.69, 9.17) is 9.84 Å². The summed E-state index contributed by atoms with van der Waals surface area (Å²) in [5.74, 6) is -2.22. The first-order valence-electron chi connectivity index (χ1n) is 6.19. The van der Waals surface area contributed by atoms with Crippen LogP contribution in [0.15, 0.2) is 42.5 Å². The molecule has 0 aliphatic carbocycles. The van der Waals surface area contributed by atoms with Crippen molar-refractivity contribution in [2.45, 2.75) is 6.92 Å².